The zero-order valence-electron chi connectivity index (χ0n) is 10.4. The molecular formula is C13H12Cl2N4O. The van der Waals surface area contributed by atoms with E-state index in [4.69, 9.17) is 28.9 Å². The quantitative estimate of drug-likeness (QED) is 0.850. The average molecular weight is 311 g/mol. The largest absolute Gasteiger partial charge is 0.326 e. The SMILES string of the molecule is NCc1ccccc1CC(=O)Nc1c(Cl)ncnc1Cl. The van der Waals surface area contributed by atoms with Gasteiger partial charge in [-0.3, -0.25) is 4.79 Å². The summed E-state index contributed by atoms with van der Waals surface area (Å²) in [7, 11) is 0. The molecule has 1 amide bonds. The fourth-order valence-electron chi connectivity index (χ4n) is 1.73. The van der Waals surface area contributed by atoms with Crippen molar-refractivity contribution in [1.29, 1.82) is 0 Å². The number of benzene rings is 1. The van der Waals surface area contributed by atoms with Crippen LogP contribution in [0.4, 0.5) is 5.69 Å². The molecule has 1 aromatic heterocycles. The van der Waals surface area contributed by atoms with Crippen LogP contribution in [-0.4, -0.2) is 15.9 Å². The van der Waals surface area contributed by atoms with E-state index in [1.165, 1.54) is 6.33 Å². The van der Waals surface area contributed by atoms with E-state index in [0.717, 1.165) is 11.1 Å². The summed E-state index contributed by atoms with van der Waals surface area (Å²) < 4.78 is 0. The molecular weight excluding hydrogens is 299 g/mol. The normalized spacial score (nSPS) is 10.3. The van der Waals surface area contributed by atoms with Crippen molar-refractivity contribution in [2.24, 2.45) is 5.73 Å². The number of halogens is 2. The van der Waals surface area contributed by atoms with Crippen LogP contribution in [0.5, 0.6) is 0 Å². The average Bonchev–Trinajstić information content (AvgIpc) is 2.44. The van der Waals surface area contributed by atoms with Crippen LogP contribution in [0.15, 0.2) is 30.6 Å². The summed E-state index contributed by atoms with van der Waals surface area (Å²) in [4.78, 5) is 19.6. The molecule has 0 fully saturated rings. The number of rotatable bonds is 4. The number of carbonyl (C=O) groups excluding carboxylic acids is 1. The summed E-state index contributed by atoms with van der Waals surface area (Å²) in [5.41, 5.74) is 7.63. The topological polar surface area (TPSA) is 80.9 Å². The number of nitrogens with two attached hydrogens (primary N) is 1. The zero-order chi connectivity index (χ0) is 14.5. The number of hydrogen-bond acceptors (Lipinski definition) is 4. The van der Waals surface area contributed by atoms with Gasteiger partial charge in [-0.1, -0.05) is 47.5 Å². The maximum Gasteiger partial charge on any atom is 0.228 e. The first-order valence-electron chi connectivity index (χ1n) is 5.84. The molecule has 104 valence electrons. The Labute approximate surface area is 126 Å². The first-order chi connectivity index (χ1) is 9.61. The maximum absolute atomic E-state index is 12.0. The number of nitrogens with zero attached hydrogens (tertiary/aromatic N) is 2. The van der Waals surface area contributed by atoms with Crippen LogP contribution in [0, 0.1) is 0 Å². The van der Waals surface area contributed by atoms with Crippen molar-refractivity contribution in [3.05, 3.63) is 52.0 Å². The van der Waals surface area contributed by atoms with Gasteiger partial charge in [0.2, 0.25) is 5.91 Å². The number of carbonyl (C=O) groups is 1. The second-order valence-electron chi connectivity index (χ2n) is 4.03. The van der Waals surface area contributed by atoms with Gasteiger partial charge in [0.15, 0.2) is 10.3 Å². The highest BCUT2D eigenvalue weighted by molar-refractivity contribution is 6.38. The van der Waals surface area contributed by atoms with Gasteiger partial charge in [-0.15, -0.1) is 0 Å². The summed E-state index contributed by atoms with van der Waals surface area (Å²) >= 11 is 11.7. The summed E-state index contributed by atoms with van der Waals surface area (Å²) in [6.45, 7) is 0.374. The molecule has 0 saturated carbocycles. The number of aromatic nitrogens is 2. The Hall–Kier alpha value is -1.69. The van der Waals surface area contributed by atoms with E-state index in [0.29, 0.717) is 6.54 Å². The fraction of sp³-hybridized carbons (Fsp3) is 0.154. The lowest BCUT2D eigenvalue weighted by molar-refractivity contribution is -0.115. The lowest BCUT2D eigenvalue weighted by Crippen LogP contribution is -2.17. The van der Waals surface area contributed by atoms with Crippen LogP contribution in [0.25, 0.3) is 0 Å². The minimum atomic E-state index is -0.260. The highest BCUT2D eigenvalue weighted by atomic mass is 35.5. The van der Waals surface area contributed by atoms with Gasteiger partial charge in [0.25, 0.3) is 0 Å². The highest BCUT2D eigenvalue weighted by Gasteiger charge is 2.13. The van der Waals surface area contributed by atoms with E-state index in [9.17, 15) is 4.79 Å². The molecule has 7 heteroatoms. The van der Waals surface area contributed by atoms with E-state index in [1.807, 2.05) is 24.3 Å². The summed E-state index contributed by atoms with van der Waals surface area (Å²) in [6, 6.07) is 7.47. The Morgan fingerprint density at radius 1 is 1.15 bits per heavy atom. The van der Waals surface area contributed by atoms with E-state index in [2.05, 4.69) is 15.3 Å². The number of anilines is 1. The fourth-order valence-corrected chi connectivity index (χ4v) is 2.14. The van der Waals surface area contributed by atoms with Crippen molar-refractivity contribution in [3.8, 4) is 0 Å². The molecule has 0 aliphatic heterocycles. The Kier molecular flexibility index (Phi) is 4.89. The molecule has 2 rings (SSSR count). The highest BCUT2D eigenvalue weighted by Crippen LogP contribution is 2.25. The minimum absolute atomic E-state index is 0.102. The van der Waals surface area contributed by atoms with Gasteiger partial charge in [-0.2, -0.15) is 0 Å². The standard InChI is InChI=1S/C13H12Cl2N4O/c14-12-11(13(15)18-7-17-12)19-10(20)5-8-3-1-2-4-9(8)6-16/h1-4,7H,5-6,16H2,(H,19,20). The Morgan fingerprint density at radius 2 is 1.75 bits per heavy atom. The van der Waals surface area contributed by atoms with Crippen molar-refractivity contribution < 1.29 is 4.79 Å². The molecule has 3 N–H and O–H groups in total. The molecule has 1 heterocycles. The lowest BCUT2D eigenvalue weighted by atomic mass is 10.0. The first kappa shape index (κ1) is 14.7. The van der Waals surface area contributed by atoms with Crippen molar-refractivity contribution in [1.82, 2.24) is 9.97 Å². The van der Waals surface area contributed by atoms with Crippen LogP contribution in [0.2, 0.25) is 10.3 Å². The van der Waals surface area contributed by atoms with Gasteiger partial charge in [0, 0.05) is 6.54 Å². The predicted molar refractivity (Wildman–Crippen MR) is 78.7 cm³/mol. The van der Waals surface area contributed by atoms with Crippen LogP contribution >= 0.6 is 23.2 Å². The molecule has 20 heavy (non-hydrogen) atoms. The predicted octanol–water partition coefficient (Wildman–Crippen LogP) is 2.42. The van der Waals surface area contributed by atoms with Crippen LogP contribution in [0.3, 0.4) is 0 Å². The van der Waals surface area contributed by atoms with E-state index < -0.39 is 0 Å². The Morgan fingerprint density at radius 3 is 2.35 bits per heavy atom. The summed E-state index contributed by atoms with van der Waals surface area (Å²) in [5.74, 6) is -0.260. The van der Waals surface area contributed by atoms with Crippen LogP contribution in [-0.2, 0) is 17.8 Å². The van der Waals surface area contributed by atoms with E-state index in [-0.39, 0.29) is 28.3 Å². The number of nitrogens with one attached hydrogen (secondary N) is 1. The third kappa shape index (κ3) is 3.45. The third-order valence-electron chi connectivity index (χ3n) is 2.71. The van der Waals surface area contributed by atoms with Gasteiger partial charge in [0.1, 0.15) is 12.0 Å². The zero-order valence-corrected chi connectivity index (χ0v) is 11.9. The molecule has 0 saturated heterocycles. The van der Waals surface area contributed by atoms with Crippen molar-refractivity contribution in [2.75, 3.05) is 5.32 Å². The second-order valence-corrected chi connectivity index (χ2v) is 4.74. The summed E-state index contributed by atoms with van der Waals surface area (Å²) in [6.07, 6.45) is 1.40. The molecule has 0 aliphatic rings. The molecule has 0 radical (unpaired) electrons. The number of hydrogen-bond donors (Lipinski definition) is 2. The molecule has 0 spiro atoms. The molecule has 0 aliphatic carbocycles. The van der Waals surface area contributed by atoms with Gasteiger partial charge in [-0.25, -0.2) is 9.97 Å². The van der Waals surface area contributed by atoms with Crippen molar-refractivity contribution in [2.45, 2.75) is 13.0 Å². The summed E-state index contributed by atoms with van der Waals surface area (Å²) in [5, 5.41) is 2.81. The van der Waals surface area contributed by atoms with Gasteiger partial charge in [-0.05, 0) is 11.1 Å². The minimum Gasteiger partial charge on any atom is -0.326 e. The molecule has 0 unspecified atom stereocenters. The van der Waals surface area contributed by atoms with E-state index >= 15 is 0 Å². The lowest BCUT2D eigenvalue weighted by Gasteiger charge is -2.09. The van der Waals surface area contributed by atoms with Crippen molar-refractivity contribution in [3.63, 3.8) is 0 Å². The molecule has 0 atom stereocenters. The van der Waals surface area contributed by atoms with Crippen LogP contribution in [0.1, 0.15) is 11.1 Å². The Balaban J connectivity index is 2.13. The van der Waals surface area contributed by atoms with Crippen molar-refractivity contribution >= 4 is 34.8 Å². The Bertz CT molecular complexity index is 613. The third-order valence-corrected chi connectivity index (χ3v) is 3.28. The van der Waals surface area contributed by atoms with E-state index in [1.54, 1.807) is 0 Å². The number of amides is 1. The molecule has 2 aromatic rings. The molecule has 5 nitrogen and oxygen atoms in total. The maximum atomic E-state index is 12.0. The van der Waals surface area contributed by atoms with Crippen LogP contribution < -0.4 is 11.1 Å². The molecule has 1 aromatic carbocycles. The van der Waals surface area contributed by atoms with Gasteiger partial charge >= 0.3 is 0 Å². The smallest absolute Gasteiger partial charge is 0.228 e. The van der Waals surface area contributed by atoms with Gasteiger partial charge in [0.05, 0.1) is 6.42 Å². The second kappa shape index (κ2) is 6.65. The molecule has 0 bridgehead atoms. The first-order valence-corrected chi connectivity index (χ1v) is 6.60. The van der Waals surface area contributed by atoms with Gasteiger partial charge < -0.3 is 11.1 Å². The monoisotopic (exact) mass is 310 g/mol.